The third-order valence-electron chi connectivity index (χ3n) is 3.61. The number of anilines is 2. The summed E-state index contributed by atoms with van der Waals surface area (Å²) < 4.78 is 0. The molecule has 0 spiro atoms. The maximum Gasteiger partial charge on any atom is 0.314 e. The van der Waals surface area contributed by atoms with Gasteiger partial charge in [0.2, 0.25) is 5.95 Å². The van der Waals surface area contributed by atoms with E-state index in [-0.39, 0.29) is 17.1 Å². The Hall–Kier alpha value is -2.58. The van der Waals surface area contributed by atoms with Crippen molar-refractivity contribution < 1.29 is 9.59 Å². The molecule has 0 bridgehead atoms. The largest absolute Gasteiger partial charge is 0.365 e. The molecule has 1 aliphatic heterocycles. The summed E-state index contributed by atoms with van der Waals surface area (Å²) in [7, 11) is 0. The number of hydrogen-bond donors (Lipinski definition) is 4. The van der Waals surface area contributed by atoms with Crippen molar-refractivity contribution in [3.05, 3.63) is 11.8 Å². The van der Waals surface area contributed by atoms with Crippen molar-refractivity contribution in [1.29, 1.82) is 0 Å². The molecule has 0 aliphatic carbocycles. The van der Waals surface area contributed by atoms with Crippen molar-refractivity contribution in [1.82, 2.24) is 14.9 Å². The topological polar surface area (TPSA) is 139 Å². The van der Waals surface area contributed by atoms with Gasteiger partial charge in [-0.25, -0.2) is 9.78 Å². The van der Waals surface area contributed by atoms with Crippen molar-refractivity contribution in [2.45, 2.75) is 45.2 Å². The molecule has 1 fully saturated rings. The first kappa shape index (κ1) is 17.8. The molecule has 1 unspecified atom stereocenters. The molecule has 2 heterocycles. The molecule has 0 aromatic carbocycles. The molecule has 2 rings (SSSR count). The van der Waals surface area contributed by atoms with E-state index in [1.165, 1.54) is 6.20 Å². The van der Waals surface area contributed by atoms with Gasteiger partial charge < -0.3 is 27.0 Å². The van der Waals surface area contributed by atoms with Gasteiger partial charge in [-0.15, -0.1) is 0 Å². The van der Waals surface area contributed by atoms with Crippen LogP contribution < -0.4 is 22.1 Å². The molecule has 3 amide bonds. The third-order valence-corrected chi connectivity index (χ3v) is 3.61. The normalized spacial score (nSPS) is 18.1. The van der Waals surface area contributed by atoms with E-state index in [0.29, 0.717) is 24.9 Å². The van der Waals surface area contributed by atoms with E-state index in [9.17, 15) is 9.59 Å². The van der Waals surface area contributed by atoms with Crippen LogP contribution in [0.5, 0.6) is 0 Å². The highest BCUT2D eigenvalue weighted by atomic mass is 16.2. The Morgan fingerprint density at radius 2 is 2.04 bits per heavy atom. The standard InChI is InChI=1S/C15H25N7O2/c1-15(2,3)21-14-18-7-10(11(16)23)12(20-14)19-9-5-4-6-22(8-9)13(17)24/h7,9H,4-6,8H2,1-3H3,(H2,16,23)(H2,17,24)(H2,18,19,20,21). The van der Waals surface area contributed by atoms with Gasteiger partial charge in [-0.3, -0.25) is 4.79 Å². The van der Waals surface area contributed by atoms with Crippen molar-refractivity contribution in [3.63, 3.8) is 0 Å². The molecule has 9 nitrogen and oxygen atoms in total. The fourth-order valence-electron chi connectivity index (χ4n) is 2.56. The number of primary amides is 2. The SMILES string of the molecule is CC(C)(C)Nc1ncc(C(N)=O)c(NC2CCCN(C(N)=O)C2)n1. The molecule has 1 atom stereocenters. The van der Waals surface area contributed by atoms with Gasteiger partial charge in [0.1, 0.15) is 5.82 Å². The maximum atomic E-state index is 11.6. The number of nitrogens with one attached hydrogen (secondary N) is 2. The molecule has 1 aliphatic rings. The van der Waals surface area contributed by atoms with Crippen LogP contribution in [0.3, 0.4) is 0 Å². The van der Waals surface area contributed by atoms with E-state index < -0.39 is 11.9 Å². The van der Waals surface area contributed by atoms with Gasteiger partial charge in [0, 0.05) is 30.9 Å². The minimum atomic E-state index is -0.609. The van der Waals surface area contributed by atoms with Gasteiger partial charge in [0.25, 0.3) is 5.91 Å². The number of urea groups is 1. The fraction of sp³-hybridized carbons (Fsp3) is 0.600. The van der Waals surface area contributed by atoms with Crippen LogP contribution in [0.15, 0.2) is 6.20 Å². The Balaban J connectivity index is 2.21. The van der Waals surface area contributed by atoms with Crippen molar-refractivity contribution in [2.75, 3.05) is 23.7 Å². The van der Waals surface area contributed by atoms with Gasteiger partial charge in [-0.05, 0) is 33.6 Å². The maximum absolute atomic E-state index is 11.6. The molecular weight excluding hydrogens is 310 g/mol. The van der Waals surface area contributed by atoms with Crippen LogP contribution in [0.2, 0.25) is 0 Å². The van der Waals surface area contributed by atoms with Crippen LogP contribution in [-0.2, 0) is 0 Å². The molecular formula is C15H25N7O2. The van der Waals surface area contributed by atoms with Crippen LogP contribution in [0, 0.1) is 0 Å². The van der Waals surface area contributed by atoms with Crippen molar-refractivity contribution in [3.8, 4) is 0 Å². The minimum absolute atomic E-state index is 0.0539. The van der Waals surface area contributed by atoms with Gasteiger partial charge in [-0.2, -0.15) is 4.98 Å². The van der Waals surface area contributed by atoms with Crippen LogP contribution in [0.1, 0.15) is 44.0 Å². The van der Waals surface area contributed by atoms with E-state index >= 15 is 0 Å². The average Bonchev–Trinajstić information content (AvgIpc) is 2.45. The van der Waals surface area contributed by atoms with Crippen LogP contribution in [0.4, 0.5) is 16.6 Å². The van der Waals surface area contributed by atoms with Gasteiger partial charge in [0.15, 0.2) is 0 Å². The molecule has 1 saturated heterocycles. The second kappa shape index (κ2) is 6.90. The molecule has 9 heteroatoms. The summed E-state index contributed by atoms with van der Waals surface area (Å²) in [6.45, 7) is 7.04. The first-order valence-corrected chi connectivity index (χ1v) is 7.91. The Morgan fingerprint density at radius 3 is 2.62 bits per heavy atom. The van der Waals surface area contributed by atoms with E-state index in [2.05, 4.69) is 20.6 Å². The Morgan fingerprint density at radius 1 is 1.33 bits per heavy atom. The van der Waals surface area contributed by atoms with E-state index in [1.807, 2.05) is 20.8 Å². The Kier molecular flexibility index (Phi) is 5.10. The first-order valence-electron chi connectivity index (χ1n) is 7.91. The zero-order valence-corrected chi connectivity index (χ0v) is 14.3. The monoisotopic (exact) mass is 335 g/mol. The molecule has 1 aromatic heterocycles. The number of aromatic nitrogens is 2. The zero-order valence-electron chi connectivity index (χ0n) is 14.3. The van der Waals surface area contributed by atoms with Crippen LogP contribution in [-0.4, -0.2) is 51.5 Å². The smallest absolute Gasteiger partial charge is 0.314 e. The molecule has 1 aromatic rings. The summed E-state index contributed by atoms with van der Waals surface area (Å²) in [6, 6.07) is -0.504. The van der Waals surface area contributed by atoms with E-state index in [1.54, 1.807) is 4.90 Å². The Bertz CT molecular complexity index is 627. The first-order chi connectivity index (χ1) is 11.2. The second-order valence-corrected chi connectivity index (χ2v) is 6.96. The Labute approximate surface area is 141 Å². The highest BCUT2D eigenvalue weighted by molar-refractivity contribution is 5.97. The summed E-state index contributed by atoms with van der Waals surface area (Å²) in [5.41, 5.74) is 10.7. The number of carbonyl (C=O) groups is 2. The number of hydrogen-bond acceptors (Lipinski definition) is 6. The van der Waals surface area contributed by atoms with E-state index in [4.69, 9.17) is 11.5 Å². The lowest BCUT2D eigenvalue weighted by molar-refractivity contribution is 0.1000. The van der Waals surface area contributed by atoms with Crippen LogP contribution in [0.25, 0.3) is 0 Å². The van der Waals surface area contributed by atoms with Crippen LogP contribution >= 0.6 is 0 Å². The number of nitrogens with two attached hydrogens (primary N) is 2. The lowest BCUT2D eigenvalue weighted by Gasteiger charge is -2.32. The lowest BCUT2D eigenvalue weighted by Crippen LogP contribution is -2.47. The van der Waals surface area contributed by atoms with Gasteiger partial charge in [-0.1, -0.05) is 0 Å². The predicted octanol–water partition coefficient (Wildman–Crippen LogP) is 0.741. The second-order valence-electron chi connectivity index (χ2n) is 6.96. The number of carbonyl (C=O) groups excluding carboxylic acids is 2. The third kappa shape index (κ3) is 4.71. The van der Waals surface area contributed by atoms with E-state index in [0.717, 1.165) is 12.8 Å². The highest BCUT2D eigenvalue weighted by Gasteiger charge is 2.24. The van der Waals surface area contributed by atoms with Crippen molar-refractivity contribution in [2.24, 2.45) is 11.5 Å². The summed E-state index contributed by atoms with van der Waals surface area (Å²) >= 11 is 0. The summed E-state index contributed by atoms with van der Waals surface area (Å²) in [4.78, 5) is 33.1. The molecule has 0 saturated carbocycles. The van der Waals surface area contributed by atoms with Crippen molar-refractivity contribution >= 4 is 23.7 Å². The van der Waals surface area contributed by atoms with Gasteiger partial charge in [0.05, 0.1) is 5.56 Å². The number of amides is 3. The predicted molar refractivity (Wildman–Crippen MR) is 91.7 cm³/mol. The lowest BCUT2D eigenvalue weighted by atomic mass is 10.1. The number of likely N-dealkylation sites (tertiary alicyclic amines) is 1. The summed E-state index contributed by atoms with van der Waals surface area (Å²) in [5.74, 6) is 0.153. The van der Waals surface area contributed by atoms with Gasteiger partial charge >= 0.3 is 6.03 Å². The number of piperidine rings is 1. The number of nitrogens with zero attached hydrogens (tertiary/aromatic N) is 3. The average molecular weight is 335 g/mol. The number of rotatable bonds is 4. The highest BCUT2D eigenvalue weighted by Crippen LogP contribution is 2.20. The summed E-state index contributed by atoms with van der Waals surface area (Å²) in [5, 5.41) is 6.35. The molecule has 6 N–H and O–H groups in total. The molecule has 24 heavy (non-hydrogen) atoms. The quantitative estimate of drug-likeness (QED) is 0.640. The molecule has 132 valence electrons. The zero-order chi connectivity index (χ0) is 17.9. The molecule has 0 radical (unpaired) electrons. The fourth-order valence-corrected chi connectivity index (χ4v) is 2.56. The minimum Gasteiger partial charge on any atom is -0.365 e. The summed E-state index contributed by atoms with van der Waals surface area (Å²) in [6.07, 6.45) is 3.07.